The van der Waals surface area contributed by atoms with Crippen molar-refractivity contribution in [2.45, 2.75) is 6.54 Å². The number of hydrogen-bond donors (Lipinski definition) is 0. The van der Waals surface area contributed by atoms with Crippen molar-refractivity contribution in [2.75, 3.05) is 4.90 Å². The first-order chi connectivity index (χ1) is 17.5. The van der Waals surface area contributed by atoms with E-state index in [-0.39, 0.29) is 5.91 Å². The Morgan fingerprint density at radius 1 is 0.889 bits per heavy atom. The quantitative estimate of drug-likeness (QED) is 0.167. The number of rotatable bonds is 4. The van der Waals surface area contributed by atoms with Crippen LogP contribution in [0.25, 0.3) is 27.8 Å². The number of halogens is 2. The minimum absolute atomic E-state index is 0.112. The van der Waals surface area contributed by atoms with Crippen LogP contribution >= 0.6 is 47.2 Å². The second-order valence-corrected chi connectivity index (χ2v) is 11.0. The van der Waals surface area contributed by atoms with Crippen molar-refractivity contribution in [3.05, 3.63) is 117 Å². The summed E-state index contributed by atoms with van der Waals surface area (Å²) < 4.78 is 2.67. The summed E-state index contributed by atoms with van der Waals surface area (Å²) in [7, 11) is 0. The van der Waals surface area contributed by atoms with E-state index in [4.69, 9.17) is 35.4 Å². The van der Waals surface area contributed by atoms with Gasteiger partial charge >= 0.3 is 0 Å². The number of anilines is 1. The zero-order valence-electron chi connectivity index (χ0n) is 18.8. The summed E-state index contributed by atoms with van der Waals surface area (Å²) >= 11 is 19.5. The van der Waals surface area contributed by atoms with Gasteiger partial charge in [0.1, 0.15) is 0 Å². The Hall–Kier alpha value is -3.09. The minimum Gasteiger partial charge on any atom is -0.342 e. The number of carbonyl (C=O) groups is 1. The summed E-state index contributed by atoms with van der Waals surface area (Å²) in [6.45, 7) is 0.585. The lowest BCUT2D eigenvalue weighted by molar-refractivity contribution is -0.113. The number of para-hydroxylation sites is 1. The largest absolute Gasteiger partial charge is 0.342 e. The molecule has 0 unspecified atom stereocenters. The number of carbonyl (C=O) groups excluding carboxylic acids is 1. The van der Waals surface area contributed by atoms with Crippen LogP contribution in [-0.2, 0) is 11.3 Å². The molecule has 0 spiro atoms. The number of hydrogen-bond acceptors (Lipinski definition) is 3. The molecule has 1 aliphatic heterocycles. The molecule has 176 valence electrons. The first kappa shape index (κ1) is 23.3. The summed E-state index contributed by atoms with van der Waals surface area (Å²) in [5.41, 5.74) is 3.78. The van der Waals surface area contributed by atoms with Gasteiger partial charge in [-0.3, -0.25) is 9.69 Å². The van der Waals surface area contributed by atoms with Crippen LogP contribution in [0, 0.1) is 0 Å². The van der Waals surface area contributed by atoms with Crippen LogP contribution in [0.15, 0.2) is 96.0 Å². The van der Waals surface area contributed by atoms with Crippen LogP contribution < -0.4 is 4.90 Å². The second kappa shape index (κ2) is 9.41. The lowest BCUT2D eigenvalue weighted by Gasteiger charge is -2.17. The normalized spacial score (nSPS) is 15.1. The fourth-order valence-corrected chi connectivity index (χ4v) is 6.32. The van der Waals surface area contributed by atoms with Crippen molar-refractivity contribution in [1.29, 1.82) is 0 Å². The summed E-state index contributed by atoms with van der Waals surface area (Å²) in [5, 5.41) is 4.34. The van der Waals surface area contributed by atoms with Crippen LogP contribution in [-0.4, -0.2) is 14.8 Å². The van der Waals surface area contributed by atoms with Crippen molar-refractivity contribution in [1.82, 2.24) is 4.57 Å². The van der Waals surface area contributed by atoms with Gasteiger partial charge in [-0.1, -0.05) is 108 Å². The monoisotopic (exact) mass is 544 g/mol. The highest BCUT2D eigenvalue weighted by Crippen LogP contribution is 2.39. The van der Waals surface area contributed by atoms with Gasteiger partial charge < -0.3 is 4.57 Å². The number of fused-ring (bicyclic) bond motifs is 2. The van der Waals surface area contributed by atoms with E-state index in [0.717, 1.165) is 38.5 Å². The number of aromatic nitrogens is 1. The summed E-state index contributed by atoms with van der Waals surface area (Å²) in [6, 6.07) is 27.6. The topological polar surface area (TPSA) is 25.2 Å². The molecule has 0 bridgehead atoms. The molecule has 2 heterocycles. The Morgan fingerprint density at radius 2 is 1.64 bits per heavy atom. The van der Waals surface area contributed by atoms with Crippen LogP contribution in [0.5, 0.6) is 0 Å². The van der Waals surface area contributed by atoms with Crippen LogP contribution in [0.4, 0.5) is 5.69 Å². The molecule has 1 fully saturated rings. The van der Waals surface area contributed by atoms with Gasteiger partial charge in [-0.2, -0.15) is 0 Å². The highest BCUT2D eigenvalue weighted by molar-refractivity contribution is 8.27. The zero-order valence-corrected chi connectivity index (χ0v) is 22.0. The first-order valence-corrected chi connectivity index (χ1v) is 13.3. The molecule has 0 atom stereocenters. The van der Waals surface area contributed by atoms with Gasteiger partial charge in [0.25, 0.3) is 5.91 Å². The van der Waals surface area contributed by atoms with Crippen LogP contribution in [0.1, 0.15) is 11.1 Å². The van der Waals surface area contributed by atoms with Gasteiger partial charge in [-0.15, -0.1) is 0 Å². The van der Waals surface area contributed by atoms with Crippen LogP contribution in [0.2, 0.25) is 10.0 Å². The molecular formula is C29H18Cl2N2OS2. The molecular weight excluding hydrogens is 527 g/mol. The Morgan fingerprint density at radius 3 is 2.47 bits per heavy atom. The molecule has 1 amide bonds. The van der Waals surface area contributed by atoms with Crippen molar-refractivity contribution in [3.63, 3.8) is 0 Å². The fourth-order valence-electron chi connectivity index (χ4n) is 4.57. The molecule has 1 saturated heterocycles. The molecule has 7 heteroatoms. The lowest BCUT2D eigenvalue weighted by Crippen LogP contribution is -2.27. The summed E-state index contributed by atoms with van der Waals surface area (Å²) in [5.74, 6) is -0.112. The van der Waals surface area contributed by atoms with E-state index in [1.54, 1.807) is 11.0 Å². The molecule has 0 aliphatic carbocycles. The number of thioether (sulfide) groups is 1. The van der Waals surface area contributed by atoms with Crippen molar-refractivity contribution in [3.8, 4) is 0 Å². The van der Waals surface area contributed by atoms with E-state index in [9.17, 15) is 4.79 Å². The molecule has 36 heavy (non-hydrogen) atoms. The highest BCUT2D eigenvalue weighted by Gasteiger charge is 2.34. The molecule has 0 saturated carbocycles. The Bertz CT molecular complexity index is 1720. The highest BCUT2D eigenvalue weighted by atomic mass is 35.5. The Kier molecular flexibility index (Phi) is 6.10. The molecule has 4 aromatic carbocycles. The number of benzene rings is 4. The van der Waals surface area contributed by atoms with Gasteiger partial charge in [0.05, 0.1) is 10.6 Å². The van der Waals surface area contributed by atoms with Crippen LogP contribution in [0.3, 0.4) is 0 Å². The van der Waals surface area contributed by atoms with Crippen molar-refractivity contribution in [2.24, 2.45) is 0 Å². The summed E-state index contributed by atoms with van der Waals surface area (Å²) in [4.78, 5) is 15.8. The molecule has 0 radical (unpaired) electrons. The third-order valence-corrected chi connectivity index (χ3v) is 8.15. The standard InChI is InChI=1S/C29H18Cl2N2OS2/c30-21-13-12-19(24(31)15-21)16-32-17-20(23-9-3-4-10-25(23)32)14-27-28(34)33(29(35)36-27)26-11-5-7-18-6-1-2-8-22(18)26/h1-15,17H,16H2/b27-14-. The van der Waals surface area contributed by atoms with E-state index >= 15 is 0 Å². The van der Waals surface area contributed by atoms with Gasteiger partial charge in [0, 0.05) is 44.6 Å². The molecule has 5 aromatic rings. The molecule has 0 N–H and O–H groups in total. The van der Waals surface area contributed by atoms with E-state index in [0.29, 0.717) is 25.8 Å². The van der Waals surface area contributed by atoms with E-state index < -0.39 is 0 Å². The summed E-state index contributed by atoms with van der Waals surface area (Å²) in [6.07, 6.45) is 3.99. The smallest absolute Gasteiger partial charge is 0.270 e. The Balaban J connectivity index is 1.40. The van der Waals surface area contributed by atoms with Gasteiger partial charge in [-0.25, -0.2) is 0 Å². The van der Waals surface area contributed by atoms with E-state index in [1.807, 2.05) is 72.8 Å². The van der Waals surface area contributed by atoms with Gasteiger partial charge in [-0.05, 0) is 41.3 Å². The predicted octanol–water partition coefficient (Wildman–Crippen LogP) is 8.56. The Labute approximate surface area is 227 Å². The fraction of sp³-hybridized carbons (Fsp3) is 0.0345. The average Bonchev–Trinajstić information content (AvgIpc) is 3.36. The second-order valence-electron chi connectivity index (χ2n) is 8.48. The molecule has 6 rings (SSSR count). The van der Waals surface area contributed by atoms with Crippen molar-refractivity contribution < 1.29 is 4.79 Å². The maximum atomic E-state index is 13.6. The average molecular weight is 546 g/mol. The molecule has 1 aliphatic rings. The van der Waals surface area contributed by atoms with E-state index in [1.165, 1.54) is 11.8 Å². The third-order valence-electron chi connectivity index (χ3n) is 6.26. The number of amides is 1. The van der Waals surface area contributed by atoms with Crippen molar-refractivity contribution >= 4 is 90.8 Å². The molecule has 1 aromatic heterocycles. The minimum atomic E-state index is -0.112. The number of thiocarbonyl (C=S) groups is 1. The SMILES string of the molecule is O=C1/C(=C/c2cn(Cc3ccc(Cl)cc3Cl)c3ccccc23)SC(=S)N1c1cccc2ccccc12. The van der Waals surface area contributed by atoms with E-state index in [2.05, 4.69) is 22.9 Å². The maximum absolute atomic E-state index is 13.6. The maximum Gasteiger partial charge on any atom is 0.270 e. The van der Waals surface area contributed by atoms with Gasteiger partial charge in [0.2, 0.25) is 0 Å². The first-order valence-electron chi connectivity index (χ1n) is 11.3. The predicted molar refractivity (Wildman–Crippen MR) is 157 cm³/mol. The zero-order chi connectivity index (χ0) is 24.8. The third kappa shape index (κ3) is 4.12. The lowest BCUT2D eigenvalue weighted by atomic mass is 10.1. The van der Waals surface area contributed by atoms with Gasteiger partial charge in [0.15, 0.2) is 4.32 Å². The molecule has 3 nitrogen and oxygen atoms in total. The number of nitrogens with zero attached hydrogens (tertiary/aromatic N) is 2.